The van der Waals surface area contributed by atoms with Crippen LogP contribution < -0.4 is 5.32 Å². The highest BCUT2D eigenvalue weighted by Crippen LogP contribution is 2.13. The van der Waals surface area contributed by atoms with E-state index >= 15 is 0 Å². The fourth-order valence-corrected chi connectivity index (χ4v) is 2.88. The first-order valence-electron chi connectivity index (χ1n) is 9.95. The average molecular weight is 340 g/mol. The molecule has 0 aromatic carbocycles. The Kier molecular flexibility index (Phi) is 18.9. The first-order chi connectivity index (χ1) is 11.8. The quantitative estimate of drug-likeness (QED) is 0.273. The Labute approximate surface area is 148 Å². The molecule has 0 bridgehead atoms. The van der Waals surface area contributed by atoms with E-state index in [2.05, 4.69) is 5.32 Å². The molecule has 0 aromatic rings. The van der Waals surface area contributed by atoms with Crippen molar-refractivity contribution in [3.8, 4) is 0 Å². The van der Waals surface area contributed by atoms with E-state index in [1.54, 1.807) is 0 Å². The molecule has 140 valence electrons. The minimum atomic E-state index is -0.00848. The Balaban J connectivity index is 3.06. The summed E-state index contributed by atoms with van der Waals surface area (Å²) in [6.07, 6.45) is 20.4. The van der Waals surface area contributed by atoms with Gasteiger partial charge in [0.15, 0.2) is 0 Å². The summed E-state index contributed by atoms with van der Waals surface area (Å²) in [6, 6.07) is 0. The van der Waals surface area contributed by atoms with Gasteiger partial charge in [0.25, 0.3) is 0 Å². The summed E-state index contributed by atoms with van der Waals surface area (Å²) in [5, 5.41) is 2.56. The normalized spacial score (nSPS) is 10.5. The maximum Gasteiger partial charge on any atom is 0.220 e. The van der Waals surface area contributed by atoms with Gasteiger partial charge in [0, 0.05) is 12.8 Å². The molecular weight excluding hydrogens is 302 g/mol. The van der Waals surface area contributed by atoms with Crippen LogP contribution in [-0.2, 0) is 14.4 Å². The molecule has 0 radical (unpaired) electrons. The van der Waals surface area contributed by atoms with Gasteiger partial charge in [-0.15, -0.1) is 0 Å². The summed E-state index contributed by atoms with van der Waals surface area (Å²) in [7, 11) is 0. The number of amides is 1. The van der Waals surface area contributed by atoms with Crippen LogP contribution in [0, 0.1) is 0 Å². The molecule has 0 aliphatic carbocycles. The van der Waals surface area contributed by atoms with Crippen molar-refractivity contribution < 1.29 is 14.4 Å². The van der Waals surface area contributed by atoms with Crippen molar-refractivity contribution in [2.45, 2.75) is 103 Å². The minimum absolute atomic E-state index is 0.00848. The van der Waals surface area contributed by atoms with Gasteiger partial charge in [-0.2, -0.15) is 0 Å². The second kappa shape index (κ2) is 19.9. The van der Waals surface area contributed by atoms with Crippen LogP contribution in [0.15, 0.2) is 0 Å². The predicted molar refractivity (Wildman–Crippen MR) is 99.0 cm³/mol. The SMILES string of the molecule is O=CCCCCCCCCCCCCCCCCC(=O)NCC=O. The van der Waals surface area contributed by atoms with E-state index in [0.717, 1.165) is 32.0 Å². The zero-order chi connectivity index (χ0) is 17.7. The van der Waals surface area contributed by atoms with Gasteiger partial charge in [0.2, 0.25) is 5.91 Å². The molecule has 0 aromatic heterocycles. The summed E-state index contributed by atoms with van der Waals surface area (Å²) in [4.78, 5) is 31.5. The molecule has 0 saturated heterocycles. The van der Waals surface area contributed by atoms with E-state index in [9.17, 15) is 14.4 Å². The van der Waals surface area contributed by atoms with Gasteiger partial charge < -0.3 is 14.9 Å². The molecule has 0 rings (SSSR count). The molecule has 0 saturated carbocycles. The van der Waals surface area contributed by atoms with Gasteiger partial charge in [-0.25, -0.2) is 0 Å². The lowest BCUT2D eigenvalue weighted by Crippen LogP contribution is -2.24. The number of hydrogen-bond donors (Lipinski definition) is 1. The maximum atomic E-state index is 11.3. The fourth-order valence-electron chi connectivity index (χ4n) is 2.88. The Hall–Kier alpha value is -1.19. The average Bonchev–Trinajstić information content (AvgIpc) is 2.59. The van der Waals surface area contributed by atoms with Crippen molar-refractivity contribution in [3.05, 3.63) is 0 Å². The smallest absolute Gasteiger partial charge is 0.220 e. The van der Waals surface area contributed by atoms with Crippen LogP contribution in [0.25, 0.3) is 0 Å². The van der Waals surface area contributed by atoms with Crippen LogP contribution in [-0.4, -0.2) is 25.0 Å². The highest BCUT2D eigenvalue weighted by Gasteiger charge is 1.99. The summed E-state index contributed by atoms with van der Waals surface area (Å²) in [5.74, 6) is -0.00848. The van der Waals surface area contributed by atoms with Crippen molar-refractivity contribution in [3.63, 3.8) is 0 Å². The number of carbonyl (C=O) groups is 3. The van der Waals surface area contributed by atoms with Crippen LogP contribution in [0.3, 0.4) is 0 Å². The van der Waals surface area contributed by atoms with Crippen LogP contribution in [0.5, 0.6) is 0 Å². The molecule has 0 aliphatic rings. The van der Waals surface area contributed by atoms with Gasteiger partial charge >= 0.3 is 0 Å². The van der Waals surface area contributed by atoms with Crippen LogP contribution in [0.2, 0.25) is 0 Å². The van der Waals surface area contributed by atoms with Gasteiger partial charge in [-0.3, -0.25) is 4.79 Å². The number of carbonyl (C=O) groups excluding carboxylic acids is 3. The zero-order valence-electron chi connectivity index (χ0n) is 15.4. The third kappa shape index (κ3) is 18.9. The van der Waals surface area contributed by atoms with Crippen molar-refractivity contribution in [1.82, 2.24) is 5.32 Å². The van der Waals surface area contributed by atoms with E-state index in [1.807, 2.05) is 0 Å². The molecule has 0 unspecified atom stereocenters. The van der Waals surface area contributed by atoms with E-state index in [0.29, 0.717) is 12.7 Å². The second-order valence-electron chi connectivity index (χ2n) is 6.63. The van der Waals surface area contributed by atoms with Crippen LogP contribution in [0.4, 0.5) is 0 Å². The number of aldehydes is 2. The Morgan fingerprint density at radius 2 is 1.00 bits per heavy atom. The lowest BCUT2D eigenvalue weighted by Gasteiger charge is -2.03. The second-order valence-corrected chi connectivity index (χ2v) is 6.63. The van der Waals surface area contributed by atoms with Crippen molar-refractivity contribution in [2.75, 3.05) is 6.54 Å². The van der Waals surface area contributed by atoms with Crippen LogP contribution >= 0.6 is 0 Å². The number of unbranched alkanes of at least 4 members (excludes halogenated alkanes) is 14. The molecule has 24 heavy (non-hydrogen) atoms. The third-order valence-electron chi connectivity index (χ3n) is 4.36. The first-order valence-corrected chi connectivity index (χ1v) is 9.95. The highest BCUT2D eigenvalue weighted by molar-refractivity contribution is 5.78. The maximum absolute atomic E-state index is 11.3. The lowest BCUT2D eigenvalue weighted by molar-refractivity contribution is -0.122. The van der Waals surface area contributed by atoms with E-state index in [-0.39, 0.29) is 12.5 Å². The van der Waals surface area contributed by atoms with Gasteiger partial charge in [0.05, 0.1) is 6.54 Å². The van der Waals surface area contributed by atoms with E-state index < -0.39 is 0 Å². The zero-order valence-corrected chi connectivity index (χ0v) is 15.4. The number of nitrogens with one attached hydrogen (secondary N) is 1. The topological polar surface area (TPSA) is 63.2 Å². The minimum Gasteiger partial charge on any atom is -0.349 e. The Morgan fingerprint density at radius 3 is 1.42 bits per heavy atom. The number of hydrogen-bond acceptors (Lipinski definition) is 3. The first kappa shape index (κ1) is 22.8. The van der Waals surface area contributed by atoms with E-state index in [4.69, 9.17) is 0 Å². The molecule has 4 heteroatoms. The Morgan fingerprint density at radius 1 is 0.583 bits per heavy atom. The largest absolute Gasteiger partial charge is 0.349 e. The van der Waals surface area contributed by atoms with Gasteiger partial charge in [-0.1, -0.05) is 77.0 Å². The molecule has 0 aliphatic heterocycles. The van der Waals surface area contributed by atoms with Gasteiger partial charge in [0.1, 0.15) is 12.6 Å². The molecule has 1 N–H and O–H groups in total. The molecular formula is C20H37NO3. The standard InChI is InChI=1S/C20H37NO3/c22-18-15-13-11-9-7-5-3-1-2-4-6-8-10-12-14-16-20(24)21-17-19-23/h18-19H,1-17H2,(H,21,24). The van der Waals surface area contributed by atoms with E-state index in [1.165, 1.54) is 70.6 Å². The lowest BCUT2D eigenvalue weighted by atomic mass is 10.0. The monoisotopic (exact) mass is 339 g/mol. The molecule has 1 amide bonds. The molecule has 0 heterocycles. The van der Waals surface area contributed by atoms with Gasteiger partial charge in [-0.05, 0) is 12.8 Å². The molecule has 0 atom stereocenters. The molecule has 4 nitrogen and oxygen atoms in total. The van der Waals surface area contributed by atoms with Crippen LogP contribution in [0.1, 0.15) is 103 Å². The summed E-state index contributed by atoms with van der Waals surface area (Å²) in [5.41, 5.74) is 0. The number of rotatable bonds is 19. The predicted octanol–water partition coefficient (Wildman–Crippen LogP) is 4.74. The summed E-state index contributed by atoms with van der Waals surface area (Å²) < 4.78 is 0. The van der Waals surface area contributed by atoms with Crippen molar-refractivity contribution in [1.29, 1.82) is 0 Å². The summed E-state index contributed by atoms with van der Waals surface area (Å²) in [6.45, 7) is 0.138. The molecule has 0 fully saturated rings. The van der Waals surface area contributed by atoms with Crippen molar-refractivity contribution >= 4 is 18.5 Å². The molecule has 0 spiro atoms. The Bertz CT molecular complexity index is 305. The fraction of sp³-hybridized carbons (Fsp3) is 0.850. The summed E-state index contributed by atoms with van der Waals surface area (Å²) >= 11 is 0. The highest BCUT2D eigenvalue weighted by atomic mass is 16.2. The third-order valence-corrected chi connectivity index (χ3v) is 4.36. The van der Waals surface area contributed by atoms with Crippen molar-refractivity contribution in [2.24, 2.45) is 0 Å².